The van der Waals surface area contributed by atoms with Crippen LogP contribution in [0, 0.1) is 0 Å². The number of carbonyl (C=O) groups excluding carboxylic acids is 1. The zero-order chi connectivity index (χ0) is 38.8. The number of hydrogen-bond acceptors (Lipinski definition) is 16. The van der Waals surface area contributed by atoms with Crippen molar-refractivity contribution in [1.29, 1.82) is 0 Å². The van der Waals surface area contributed by atoms with E-state index in [-0.39, 0.29) is 64.1 Å². The first-order valence-corrected chi connectivity index (χ1v) is 20.5. The summed E-state index contributed by atoms with van der Waals surface area (Å²) in [5, 5.41) is 3.17. The van der Waals surface area contributed by atoms with Crippen LogP contribution >= 0.6 is 15.3 Å². The predicted molar refractivity (Wildman–Crippen MR) is 199 cm³/mol. The maximum Gasteiger partial charge on any atom is 0.345 e. The van der Waals surface area contributed by atoms with Gasteiger partial charge in [0, 0.05) is 78.0 Å². The van der Waals surface area contributed by atoms with Gasteiger partial charge in [0.1, 0.15) is 22.3 Å². The Bertz CT molecular complexity index is 1420. The topological polar surface area (TPSA) is 229 Å². The largest absolute Gasteiger partial charge is 0.461 e. The second kappa shape index (κ2) is 20.3. The van der Waals surface area contributed by atoms with Gasteiger partial charge in [-0.2, -0.15) is 15.0 Å². The smallest absolute Gasteiger partial charge is 0.345 e. The lowest BCUT2D eigenvalue weighted by Crippen LogP contribution is -2.51. The normalized spacial score (nSPS) is 25.6. The van der Waals surface area contributed by atoms with Gasteiger partial charge in [-0.25, -0.2) is 18.7 Å². The first kappa shape index (κ1) is 43.8. The van der Waals surface area contributed by atoms with Crippen LogP contribution in [0.25, 0.3) is 0 Å². The number of piperazine rings is 1. The minimum atomic E-state index is -3.57. The van der Waals surface area contributed by atoms with Gasteiger partial charge in [0.05, 0.1) is 45.2 Å². The highest BCUT2D eigenvalue weighted by Gasteiger charge is 2.43. The highest BCUT2D eigenvalue weighted by molar-refractivity contribution is 7.54. The van der Waals surface area contributed by atoms with Crippen molar-refractivity contribution in [3.63, 3.8) is 0 Å². The van der Waals surface area contributed by atoms with E-state index in [2.05, 4.69) is 20.3 Å². The first-order valence-electron chi connectivity index (χ1n) is 17.4. The molecule has 5 N–H and O–H groups in total. The molecular formula is C28H54B2N12O9P2. The summed E-state index contributed by atoms with van der Waals surface area (Å²) in [5.74, 6) is -0.0404. The lowest BCUT2D eigenvalue weighted by Gasteiger charge is -2.44. The molecule has 3 fully saturated rings. The molecule has 0 aromatic carbocycles. The summed E-state index contributed by atoms with van der Waals surface area (Å²) >= 11 is 0. The van der Waals surface area contributed by atoms with Gasteiger partial charge in [-0.3, -0.25) is 13.9 Å². The fraction of sp³-hybridized carbons (Fsp3) is 0.857. The summed E-state index contributed by atoms with van der Waals surface area (Å²) in [4.78, 5) is 28.4. The summed E-state index contributed by atoms with van der Waals surface area (Å²) < 4.78 is 70.2. The first-order chi connectivity index (χ1) is 25.1. The Labute approximate surface area is 314 Å². The number of primary amides is 1. The molecule has 3 aliphatic rings. The Kier molecular flexibility index (Phi) is 16.7. The molecule has 4 rings (SSSR count). The number of carbonyl (C=O) groups is 1. The third kappa shape index (κ3) is 12.3. The summed E-state index contributed by atoms with van der Waals surface area (Å²) in [6.45, 7) is 3.86. The number of rotatable bonds is 20. The Morgan fingerprint density at radius 1 is 0.868 bits per heavy atom. The minimum absolute atomic E-state index is 0.0508. The highest BCUT2D eigenvalue weighted by Crippen LogP contribution is 2.55. The van der Waals surface area contributed by atoms with Crippen LogP contribution in [-0.2, 0) is 37.2 Å². The van der Waals surface area contributed by atoms with Gasteiger partial charge in [0.25, 0.3) is 0 Å². The molecule has 6 unspecified atom stereocenters. The second-order valence-electron chi connectivity index (χ2n) is 13.1. The van der Waals surface area contributed by atoms with Crippen LogP contribution in [0.5, 0.6) is 6.01 Å². The van der Waals surface area contributed by atoms with E-state index in [9.17, 15) is 13.9 Å². The molecule has 0 saturated carbocycles. The Balaban J connectivity index is 1.40. The number of amides is 1. The molecule has 1 amide bonds. The lowest BCUT2D eigenvalue weighted by atomic mass is 9.98. The van der Waals surface area contributed by atoms with E-state index in [4.69, 9.17) is 55.2 Å². The van der Waals surface area contributed by atoms with Crippen LogP contribution in [0.15, 0.2) is 0 Å². The highest BCUT2D eigenvalue weighted by atomic mass is 31.2. The molecule has 0 bridgehead atoms. The van der Waals surface area contributed by atoms with Gasteiger partial charge in [-0.1, -0.05) is 0 Å². The van der Waals surface area contributed by atoms with E-state index in [1.807, 2.05) is 4.90 Å². The van der Waals surface area contributed by atoms with Gasteiger partial charge in [0.15, 0.2) is 0 Å². The van der Waals surface area contributed by atoms with Gasteiger partial charge >= 0.3 is 21.4 Å². The molecule has 4 heterocycles. The van der Waals surface area contributed by atoms with Crippen molar-refractivity contribution >= 4 is 48.8 Å². The number of morpholine rings is 2. The monoisotopic (exact) mass is 786 g/mol. The number of nitrogens with one attached hydrogen (secondary N) is 1. The fourth-order valence-corrected chi connectivity index (χ4v) is 9.74. The number of hydrogen-bond donors (Lipinski definition) is 3. The van der Waals surface area contributed by atoms with Gasteiger partial charge in [0.2, 0.25) is 17.8 Å². The third-order valence-corrected chi connectivity index (χ3v) is 13.6. The van der Waals surface area contributed by atoms with E-state index < -0.39 is 39.4 Å². The number of aromatic nitrogens is 3. The molecule has 0 aliphatic carbocycles. The quantitative estimate of drug-likeness (QED) is 0.0695. The maximum atomic E-state index is 14.5. The average Bonchev–Trinajstić information content (AvgIpc) is 3.12. The molecular weight excluding hydrogens is 732 g/mol. The van der Waals surface area contributed by atoms with Crippen molar-refractivity contribution in [3.05, 3.63) is 0 Å². The third-order valence-electron chi connectivity index (χ3n) is 8.43. The number of anilines is 2. The molecule has 4 radical (unpaired) electrons. The van der Waals surface area contributed by atoms with Crippen LogP contribution in [0.2, 0.25) is 0 Å². The molecule has 1 aromatic rings. The summed E-state index contributed by atoms with van der Waals surface area (Å²) in [7, 11) is 13.4. The maximum absolute atomic E-state index is 14.5. The SMILES string of the molecule is [B]C1CNCC(COP(=O)(N(C)C)N2CC([B])OC(COP(=O)(N(C)C)N3CCN(c4nc(OCCOCCN)nc(N(C)CC(N)=O)n4)CC3)C2)O1. The van der Waals surface area contributed by atoms with Crippen molar-refractivity contribution < 1.29 is 41.9 Å². The van der Waals surface area contributed by atoms with E-state index in [1.54, 1.807) is 49.2 Å². The molecule has 296 valence electrons. The van der Waals surface area contributed by atoms with Crippen LogP contribution in [-0.4, -0.2) is 213 Å². The molecule has 21 nitrogen and oxygen atoms in total. The molecule has 6 atom stereocenters. The second-order valence-corrected chi connectivity index (χ2v) is 18.3. The summed E-state index contributed by atoms with van der Waals surface area (Å²) in [6, 6.07) is -1.22. The van der Waals surface area contributed by atoms with Crippen LogP contribution in [0.1, 0.15) is 0 Å². The van der Waals surface area contributed by atoms with Crippen molar-refractivity contribution in [2.24, 2.45) is 11.5 Å². The Morgan fingerprint density at radius 2 is 1.51 bits per heavy atom. The van der Waals surface area contributed by atoms with Crippen molar-refractivity contribution in [3.8, 4) is 6.01 Å². The molecule has 3 aliphatic heterocycles. The zero-order valence-electron chi connectivity index (χ0n) is 31.3. The Morgan fingerprint density at radius 3 is 2.13 bits per heavy atom. The lowest BCUT2D eigenvalue weighted by molar-refractivity contribution is -0.116. The van der Waals surface area contributed by atoms with Gasteiger partial charge in [-0.15, -0.1) is 0 Å². The van der Waals surface area contributed by atoms with Crippen LogP contribution < -0.4 is 31.3 Å². The average molecular weight is 786 g/mol. The summed E-state index contributed by atoms with van der Waals surface area (Å²) in [5.41, 5.74) is 10.9. The molecule has 1 aromatic heterocycles. The van der Waals surface area contributed by atoms with Crippen molar-refractivity contribution in [2.75, 3.05) is 144 Å². The predicted octanol–water partition coefficient (Wildman–Crippen LogP) is -2.68. The number of nitrogens with zero attached hydrogens (tertiary/aromatic N) is 9. The van der Waals surface area contributed by atoms with Gasteiger partial charge < -0.3 is 54.6 Å². The van der Waals surface area contributed by atoms with E-state index in [0.29, 0.717) is 58.4 Å². The van der Waals surface area contributed by atoms with Crippen LogP contribution in [0.3, 0.4) is 0 Å². The van der Waals surface area contributed by atoms with E-state index >= 15 is 0 Å². The summed E-state index contributed by atoms with van der Waals surface area (Å²) in [6.07, 6.45) is -1.03. The molecule has 3 saturated heterocycles. The van der Waals surface area contributed by atoms with E-state index in [1.165, 1.54) is 9.57 Å². The van der Waals surface area contributed by atoms with Gasteiger partial charge in [-0.05, 0) is 28.2 Å². The molecule has 53 heavy (non-hydrogen) atoms. The van der Waals surface area contributed by atoms with Crippen molar-refractivity contribution in [2.45, 2.75) is 24.2 Å². The molecule has 25 heteroatoms. The Hall–Kier alpha value is -1.97. The standard InChI is InChI=1S/C28H54B2N12O9P2/c1-37(2)52(44,49-20-22-16-42(17-24(30)51-22)53(45,38(3)4)48-19-21-14-33-15-23(29)50-21)41-9-7-40(8-10-41)27-34-26(39(5)18-25(32)43)35-28(36-27)47-13-12-46-11-6-31/h21-24,33H,6-20,31H2,1-5H3,(H2,32,43). The number of nitrogens with two attached hydrogens (primary N) is 2. The minimum Gasteiger partial charge on any atom is -0.461 e. The van der Waals surface area contributed by atoms with Crippen molar-refractivity contribution in [1.82, 2.24) is 39.0 Å². The number of ether oxygens (including phenoxy) is 4. The number of likely N-dealkylation sites (N-methyl/N-ethyl adjacent to an activating group) is 1. The molecule has 0 spiro atoms. The fourth-order valence-electron chi connectivity index (χ4n) is 5.78. The van der Waals surface area contributed by atoms with E-state index in [0.717, 1.165) is 0 Å². The zero-order valence-corrected chi connectivity index (χ0v) is 33.1. The van der Waals surface area contributed by atoms with Crippen LogP contribution in [0.4, 0.5) is 11.9 Å².